The van der Waals surface area contributed by atoms with Gasteiger partial charge in [0.05, 0.1) is 19.8 Å². The molecule has 2 amide bonds. The number of morpholine rings is 1. The van der Waals surface area contributed by atoms with Gasteiger partial charge in [-0.25, -0.2) is 0 Å². The van der Waals surface area contributed by atoms with Crippen molar-refractivity contribution in [1.29, 1.82) is 0 Å². The number of nitrogen functional groups attached to an aromatic ring is 1. The minimum absolute atomic E-state index is 0.0311. The molecule has 1 spiro atoms. The number of nitrogens with one attached hydrogen (secondary N) is 1. The van der Waals surface area contributed by atoms with Crippen molar-refractivity contribution in [2.75, 3.05) is 63.1 Å². The van der Waals surface area contributed by atoms with Crippen LogP contribution >= 0.6 is 0 Å². The molecule has 2 saturated heterocycles. The van der Waals surface area contributed by atoms with E-state index in [0.717, 1.165) is 18.5 Å². The summed E-state index contributed by atoms with van der Waals surface area (Å²) in [5.41, 5.74) is 11.6. The van der Waals surface area contributed by atoms with Gasteiger partial charge in [0.1, 0.15) is 6.04 Å². The predicted molar refractivity (Wildman–Crippen MR) is 139 cm³/mol. The Morgan fingerprint density at radius 1 is 1.11 bits per heavy atom. The molecule has 1 aliphatic carbocycles. The first kappa shape index (κ1) is 23.5. The van der Waals surface area contributed by atoms with Gasteiger partial charge >= 0.3 is 0 Å². The largest absolute Gasteiger partial charge is 0.399 e. The second-order valence-electron chi connectivity index (χ2n) is 10.9. The van der Waals surface area contributed by atoms with Crippen LogP contribution in [0.4, 0.5) is 11.4 Å². The highest BCUT2D eigenvalue weighted by Crippen LogP contribution is 2.49. The maximum atomic E-state index is 13.9. The average molecular weight is 490 g/mol. The van der Waals surface area contributed by atoms with Gasteiger partial charge in [0.2, 0.25) is 11.8 Å². The topological polar surface area (TPSA) is 91.1 Å². The molecule has 6 rings (SSSR count). The summed E-state index contributed by atoms with van der Waals surface area (Å²) in [7, 11) is 0. The summed E-state index contributed by atoms with van der Waals surface area (Å²) >= 11 is 0. The van der Waals surface area contributed by atoms with E-state index in [-0.39, 0.29) is 35.9 Å². The van der Waals surface area contributed by atoms with Crippen molar-refractivity contribution in [2.45, 2.75) is 37.3 Å². The van der Waals surface area contributed by atoms with Crippen LogP contribution in [0.25, 0.3) is 0 Å². The number of anilines is 2. The van der Waals surface area contributed by atoms with E-state index in [1.165, 1.54) is 16.7 Å². The quantitative estimate of drug-likeness (QED) is 0.629. The molecule has 3 N–H and O–H groups in total. The molecule has 0 radical (unpaired) electrons. The van der Waals surface area contributed by atoms with Crippen LogP contribution in [0.5, 0.6) is 0 Å². The number of nitrogens with zero attached hydrogens (tertiary/aromatic N) is 3. The predicted octanol–water partition coefficient (Wildman–Crippen LogP) is 1.17. The Hall–Kier alpha value is -2.94. The molecule has 0 bridgehead atoms. The lowest BCUT2D eigenvalue weighted by Gasteiger charge is -2.41. The van der Waals surface area contributed by atoms with Crippen LogP contribution in [-0.4, -0.2) is 86.2 Å². The first-order valence-corrected chi connectivity index (χ1v) is 13.0. The molecule has 3 aliphatic heterocycles. The molecule has 2 aromatic rings. The highest BCUT2D eigenvalue weighted by molar-refractivity contribution is 5.99. The third kappa shape index (κ3) is 4.07. The summed E-state index contributed by atoms with van der Waals surface area (Å²) in [5, 5.41) is 3.44. The molecular weight excluding hydrogens is 454 g/mol. The lowest BCUT2D eigenvalue weighted by Crippen LogP contribution is -2.63. The lowest BCUT2D eigenvalue weighted by atomic mass is 9.79. The number of fused-ring (bicyclic) bond motifs is 3. The number of piperazine rings is 1. The molecule has 2 atom stereocenters. The zero-order valence-corrected chi connectivity index (χ0v) is 20.9. The summed E-state index contributed by atoms with van der Waals surface area (Å²) in [6.45, 7) is 6.50. The second-order valence-corrected chi connectivity index (χ2v) is 10.9. The summed E-state index contributed by atoms with van der Waals surface area (Å²) in [5.74, 6) is 0.114. The van der Waals surface area contributed by atoms with Crippen molar-refractivity contribution in [1.82, 2.24) is 15.1 Å². The third-order valence-electron chi connectivity index (χ3n) is 8.38. The van der Waals surface area contributed by atoms with Crippen LogP contribution in [0.3, 0.4) is 0 Å². The summed E-state index contributed by atoms with van der Waals surface area (Å²) < 4.78 is 5.43. The van der Waals surface area contributed by atoms with Gasteiger partial charge in [-0.2, -0.15) is 0 Å². The van der Waals surface area contributed by atoms with Gasteiger partial charge in [-0.3, -0.25) is 14.5 Å². The molecule has 2 aromatic carbocycles. The normalized spacial score (nSPS) is 25.1. The fourth-order valence-corrected chi connectivity index (χ4v) is 6.57. The number of carbonyl (C=O) groups excluding carboxylic acids is 2. The van der Waals surface area contributed by atoms with Crippen molar-refractivity contribution in [3.63, 3.8) is 0 Å². The van der Waals surface area contributed by atoms with Crippen LogP contribution < -0.4 is 16.0 Å². The van der Waals surface area contributed by atoms with Gasteiger partial charge in [-0.1, -0.05) is 30.3 Å². The molecule has 8 nitrogen and oxygen atoms in total. The number of rotatable bonds is 3. The maximum Gasteiger partial charge on any atom is 0.241 e. The third-order valence-corrected chi connectivity index (χ3v) is 8.38. The van der Waals surface area contributed by atoms with Crippen LogP contribution in [0, 0.1) is 0 Å². The molecule has 2 fully saturated rings. The summed E-state index contributed by atoms with van der Waals surface area (Å²) in [4.78, 5) is 33.2. The number of nitrogens with two attached hydrogens (primary N) is 1. The molecule has 36 heavy (non-hydrogen) atoms. The number of amides is 2. The number of hydrogen-bond donors (Lipinski definition) is 2. The molecule has 0 aromatic heterocycles. The van der Waals surface area contributed by atoms with E-state index < -0.39 is 0 Å². The van der Waals surface area contributed by atoms with Crippen LogP contribution in [0.2, 0.25) is 0 Å². The van der Waals surface area contributed by atoms with Gasteiger partial charge in [-0.15, -0.1) is 0 Å². The average Bonchev–Trinajstić information content (AvgIpc) is 3.41. The van der Waals surface area contributed by atoms with Gasteiger partial charge in [0, 0.05) is 55.6 Å². The Balaban J connectivity index is 1.25. The van der Waals surface area contributed by atoms with Gasteiger partial charge in [0.25, 0.3) is 0 Å². The molecule has 190 valence electrons. The van der Waals surface area contributed by atoms with Gasteiger partial charge < -0.3 is 25.6 Å². The van der Waals surface area contributed by atoms with Crippen LogP contribution in [0.15, 0.2) is 42.5 Å². The van der Waals surface area contributed by atoms with Crippen molar-refractivity contribution >= 4 is 23.2 Å². The Morgan fingerprint density at radius 2 is 1.83 bits per heavy atom. The van der Waals surface area contributed by atoms with Gasteiger partial charge in [-0.05, 0) is 48.6 Å². The van der Waals surface area contributed by atoms with Crippen molar-refractivity contribution in [3.8, 4) is 0 Å². The monoisotopic (exact) mass is 489 g/mol. The van der Waals surface area contributed by atoms with E-state index in [0.29, 0.717) is 51.6 Å². The van der Waals surface area contributed by atoms with E-state index in [4.69, 9.17) is 10.5 Å². The van der Waals surface area contributed by atoms with E-state index in [9.17, 15) is 9.59 Å². The Morgan fingerprint density at radius 3 is 2.56 bits per heavy atom. The van der Waals surface area contributed by atoms with Crippen LogP contribution in [0.1, 0.15) is 23.6 Å². The van der Waals surface area contributed by atoms with Crippen molar-refractivity contribution < 1.29 is 14.3 Å². The van der Waals surface area contributed by atoms with E-state index in [1.54, 1.807) is 0 Å². The Bertz CT molecular complexity index is 1150. The van der Waals surface area contributed by atoms with E-state index in [1.807, 2.05) is 21.9 Å². The van der Waals surface area contributed by atoms with Crippen LogP contribution in [-0.2, 0) is 32.6 Å². The smallest absolute Gasteiger partial charge is 0.241 e. The maximum absolute atomic E-state index is 13.9. The number of benzene rings is 2. The molecular formula is C28H35N5O3. The summed E-state index contributed by atoms with van der Waals surface area (Å²) in [6.07, 6.45) is 1.85. The molecule has 4 aliphatic rings. The van der Waals surface area contributed by atoms with E-state index >= 15 is 0 Å². The fraction of sp³-hybridized carbons (Fsp3) is 0.500. The first-order valence-electron chi connectivity index (χ1n) is 13.0. The molecule has 8 heteroatoms. The Kier molecular flexibility index (Phi) is 5.98. The molecule has 3 heterocycles. The van der Waals surface area contributed by atoms with Crippen molar-refractivity contribution in [2.24, 2.45) is 0 Å². The number of hydrogen-bond acceptors (Lipinski definition) is 6. The highest BCUT2D eigenvalue weighted by atomic mass is 16.5. The summed E-state index contributed by atoms with van der Waals surface area (Å²) in [6, 6.07) is 14.5. The lowest BCUT2D eigenvalue weighted by molar-refractivity contribution is -0.142. The first-order chi connectivity index (χ1) is 17.4. The zero-order chi connectivity index (χ0) is 24.9. The zero-order valence-electron chi connectivity index (χ0n) is 20.9. The minimum Gasteiger partial charge on any atom is -0.399 e. The highest BCUT2D eigenvalue weighted by Gasteiger charge is 2.48. The second kappa shape index (κ2) is 9.18. The van der Waals surface area contributed by atoms with Gasteiger partial charge in [0.15, 0.2) is 0 Å². The minimum atomic E-state index is -0.351. The fourth-order valence-electron chi connectivity index (χ4n) is 6.57. The van der Waals surface area contributed by atoms with E-state index in [2.05, 4.69) is 47.5 Å². The standard InChI is InChI=1S/C28H35N5O3/c1-19-16-32(25(15-30-19)27(35)31-8-10-36-11-9-31)17-26(34)33-18-28(23-7-6-22(29)12-24(23)33)13-20-4-2-3-5-21(20)14-28/h2-7,12,19,25,30H,8-11,13-18,29H2,1H3/t19-,25-/m1/s1. The number of ether oxygens (including phenoxy) is 1. The SMILES string of the molecule is C[C@@H]1CN(CC(=O)N2CC3(Cc4ccccc4C3)c3ccc(N)cc32)[C@@H](C(=O)N2CCOCC2)CN1. The molecule has 0 unspecified atom stereocenters. The Labute approximate surface area is 212 Å². The molecule has 0 saturated carbocycles. The number of carbonyl (C=O) groups is 2. The van der Waals surface area contributed by atoms with Crippen molar-refractivity contribution in [3.05, 3.63) is 59.2 Å².